The molecule has 26 heavy (non-hydrogen) atoms. The first-order valence-electron chi connectivity index (χ1n) is 10.3. The van der Waals surface area contributed by atoms with E-state index in [1.807, 2.05) is 4.90 Å². The van der Waals surface area contributed by atoms with E-state index in [1.165, 1.54) is 19.3 Å². The molecule has 0 atom stereocenters. The van der Waals surface area contributed by atoms with Gasteiger partial charge in [0.25, 0.3) is 0 Å². The van der Waals surface area contributed by atoms with Gasteiger partial charge in [-0.2, -0.15) is 0 Å². The minimum atomic E-state index is -0.0451. The molecule has 2 aliphatic rings. The SMILES string of the molecule is CC(C)CCC(=O)N1CCN(C(=O)CNC(=O)CC2CCCCC2)CC1. The second kappa shape index (κ2) is 10.5. The standard InChI is InChI=1S/C20H35N3O3/c1-16(2)8-9-19(25)22-10-12-23(13-11-22)20(26)15-21-18(24)14-17-6-4-3-5-7-17/h16-17H,3-15H2,1-2H3,(H,21,24). The van der Waals surface area contributed by atoms with Gasteiger partial charge >= 0.3 is 0 Å². The van der Waals surface area contributed by atoms with Crippen molar-refractivity contribution >= 4 is 17.7 Å². The highest BCUT2D eigenvalue weighted by Crippen LogP contribution is 2.26. The second-order valence-electron chi connectivity index (χ2n) is 8.18. The average molecular weight is 366 g/mol. The highest BCUT2D eigenvalue weighted by atomic mass is 16.2. The predicted octanol–water partition coefficient (Wildman–Crippen LogP) is 2.18. The molecule has 0 aromatic carbocycles. The van der Waals surface area contributed by atoms with Gasteiger partial charge in [-0.3, -0.25) is 14.4 Å². The van der Waals surface area contributed by atoms with E-state index in [1.54, 1.807) is 4.90 Å². The van der Waals surface area contributed by atoms with Crippen LogP contribution in [0.3, 0.4) is 0 Å². The first-order valence-corrected chi connectivity index (χ1v) is 10.3. The van der Waals surface area contributed by atoms with Gasteiger partial charge in [0.05, 0.1) is 6.54 Å². The number of carbonyl (C=O) groups is 3. The van der Waals surface area contributed by atoms with Crippen LogP contribution in [0.5, 0.6) is 0 Å². The maximum Gasteiger partial charge on any atom is 0.242 e. The van der Waals surface area contributed by atoms with Crippen LogP contribution < -0.4 is 5.32 Å². The van der Waals surface area contributed by atoms with Crippen LogP contribution >= 0.6 is 0 Å². The van der Waals surface area contributed by atoms with E-state index in [0.29, 0.717) is 50.9 Å². The Morgan fingerprint density at radius 3 is 2.08 bits per heavy atom. The summed E-state index contributed by atoms with van der Waals surface area (Å²) >= 11 is 0. The molecule has 3 amide bonds. The Bertz CT molecular complexity index is 479. The summed E-state index contributed by atoms with van der Waals surface area (Å²) < 4.78 is 0. The van der Waals surface area contributed by atoms with Crippen molar-refractivity contribution in [3.63, 3.8) is 0 Å². The van der Waals surface area contributed by atoms with Crippen molar-refractivity contribution in [1.82, 2.24) is 15.1 Å². The molecule has 1 aliphatic carbocycles. The number of piperazine rings is 1. The topological polar surface area (TPSA) is 69.7 Å². The van der Waals surface area contributed by atoms with Crippen molar-refractivity contribution in [3.8, 4) is 0 Å². The Hall–Kier alpha value is -1.59. The Labute approximate surface area is 157 Å². The fourth-order valence-electron chi connectivity index (χ4n) is 3.79. The fourth-order valence-corrected chi connectivity index (χ4v) is 3.79. The summed E-state index contributed by atoms with van der Waals surface area (Å²) in [5.41, 5.74) is 0. The van der Waals surface area contributed by atoms with Gasteiger partial charge in [-0.25, -0.2) is 0 Å². The van der Waals surface area contributed by atoms with Crippen LogP contribution in [-0.4, -0.2) is 60.2 Å². The number of hydrogen-bond acceptors (Lipinski definition) is 3. The van der Waals surface area contributed by atoms with E-state index in [4.69, 9.17) is 0 Å². The molecule has 0 bridgehead atoms. The summed E-state index contributed by atoms with van der Waals surface area (Å²) in [6.07, 6.45) is 8.03. The number of amides is 3. The molecule has 0 aromatic rings. The van der Waals surface area contributed by atoms with Crippen molar-refractivity contribution in [1.29, 1.82) is 0 Å². The van der Waals surface area contributed by atoms with Gasteiger partial charge in [-0.15, -0.1) is 0 Å². The minimum Gasteiger partial charge on any atom is -0.347 e. The van der Waals surface area contributed by atoms with Gasteiger partial charge in [-0.05, 0) is 31.1 Å². The Kier molecular flexibility index (Phi) is 8.39. The predicted molar refractivity (Wildman–Crippen MR) is 101 cm³/mol. The average Bonchev–Trinajstić information content (AvgIpc) is 2.65. The van der Waals surface area contributed by atoms with Crippen molar-refractivity contribution in [2.75, 3.05) is 32.7 Å². The maximum atomic E-state index is 12.3. The number of nitrogens with one attached hydrogen (secondary N) is 1. The molecule has 6 nitrogen and oxygen atoms in total. The van der Waals surface area contributed by atoms with Crippen molar-refractivity contribution in [3.05, 3.63) is 0 Å². The molecule has 2 rings (SSSR count). The summed E-state index contributed by atoms with van der Waals surface area (Å²) in [7, 11) is 0. The van der Waals surface area contributed by atoms with Crippen LogP contribution in [-0.2, 0) is 14.4 Å². The lowest BCUT2D eigenvalue weighted by Gasteiger charge is -2.35. The minimum absolute atomic E-state index is 0.00671. The third-order valence-corrected chi connectivity index (χ3v) is 5.56. The number of nitrogens with zero attached hydrogens (tertiary/aromatic N) is 2. The van der Waals surface area contributed by atoms with E-state index in [-0.39, 0.29) is 24.3 Å². The lowest BCUT2D eigenvalue weighted by atomic mass is 9.87. The van der Waals surface area contributed by atoms with Gasteiger partial charge in [0, 0.05) is 39.0 Å². The van der Waals surface area contributed by atoms with Crippen molar-refractivity contribution in [2.24, 2.45) is 11.8 Å². The molecule has 1 saturated carbocycles. The molecule has 2 fully saturated rings. The van der Waals surface area contributed by atoms with Gasteiger partial charge in [0.2, 0.25) is 17.7 Å². The highest BCUT2D eigenvalue weighted by Gasteiger charge is 2.24. The zero-order valence-corrected chi connectivity index (χ0v) is 16.5. The van der Waals surface area contributed by atoms with Crippen LogP contribution in [0, 0.1) is 11.8 Å². The summed E-state index contributed by atoms with van der Waals surface area (Å²) in [5.74, 6) is 1.15. The summed E-state index contributed by atoms with van der Waals surface area (Å²) in [6.45, 7) is 6.62. The molecular weight excluding hydrogens is 330 g/mol. The Morgan fingerprint density at radius 1 is 0.923 bits per heavy atom. The zero-order chi connectivity index (χ0) is 18.9. The van der Waals surface area contributed by atoms with Gasteiger partial charge < -0.3 is 15.1 Å². The lowest BCUT2D eigenvalue weighted by Crippen LogP contribution is -2.52. The van der Waals surface area contributed by atoms with Gasteiger partial charge in [0.15, 0.2) is 0 Å². The molecular formula is C20H35N3O3. The van der Waals surface area contributed by atoms with Crippen LogP contribution in [0.1, 0.15) is 65.2 Å². The Morgan fingerprint density at radius 2 is 1.50 bits per heavy atom. The van der Waals surface area contributed by atoms with E-state index in [9.17, 15) is 14.4 Å². The molecule has 0 radical (unpaired) electrons. The second-order valence-corrected chi connectivity index (χ2v) is 8.18. The fraction of sp³-hybridized carbons (Fsp3) is 0.850. The molecule has 0 aromatic heterocycles. The normalized spacial score (nSPS) is 18.9. The highest BCUT2D eigenvalue weighted by molar-refractivity contribution is 5.85. The summed E-state index contributed by atoms with van der Waals surface area (Å²) in [5, 5.41) is 2.78. The van der Waals surface area contributed by atoms with Crippen LogP contribution in [0.25, 0.3) is 0 Å². The first kappa shape index (κ1) is 20.7. The molecule has 1 saturated heterocycles. The maximum absolute atomic E-state index is 12.3. The van der Waals surface area contributed by atoms with E-state index in [2.05, 4.69) is 19.2 Å². The summed E-state index contributed by atoms with van der Waals surface area (Å²) in [4.78, 5) is 40.1. The summed E-state index contributed by atoms with van der Waals surface area (Å²) in [6, 6.07) is 0. The van der Waals surface area contributed by atoms with E-state index in [0.717, 1.165) is 19.3 Å². The van der Waals surface area contributed by atoms with Crippen LogP contribution in [0.15, 0.2) is 0 Å². The third-order valence-electron chi connectivity index (χ3n) is 5.56. The number of hydrogen-bond donors (Lipinski definition) is 1. The molecule has 148 valence electrons. The van der Waals surface area contributed by atoms with E-state index < -0.39 is 0 Å². The third kappa shape index (κ3) is 6.96. The van der Waals surface area contributed by atoms with Crippen LogP contribution in [0.4, 0.5) is 0 Å². The first-order chi connectivity index (χ1) is 12.5. The molecule has 6 heteroatoms. The zero-order valence-electron chi connectivity index (χ0n) is 16.5. The van der Waals surface area contributed by atoms with E-state index >= 15 is 0 Å². The monoisotopic (exact) mass is 365 g/mol. The van der Waals surface area contributed by atoms with Gasteiger partial charge in [-0.1, -0.05) is 33.1 Å². The molecule has 1 heterocycles. The largest absolute Gasteiger partial charge is 0.347 e. The van der Waals surface area contributed by atoms with Crippen LogP contribution in [0.2, 0.25) is 0 Å². The molecule has 1 aliphatic heterocycles. The Balaban J connectivity index is 1.63. The molecule has 1 N–H and O–H groups in total. The van der Waals surface area contributed by atoms with Crippen molar-refractivity contribution in [2.45, 2.75) is 65.2 Å². The molecule has 0 spiro atoms. The number of rotatable bonds is 7. The van der Waals surface area contributed by atoms with Gasteiger partial charge in [0.1, 0.15) is 0 Å². The quantitative estimate of drug-likeness (QED) is 0.752. The lowest BCUT2D eigenvalue weighted by molar-refractivity contribution is -0.139. The number of carbonyl (C=O) groups excluding carboxylic acids is 3. The van der Waals surface area contributed by atoms with Crippen molar-refractivity contribution < 1.29 is 14.4 Å². The molecule has 0 unspecified atom stereocenters. The smallest absolute Gasteiger partial charge is 0.242 e.